The van der Waals surface area contributed by atoms with Crippen LogP contribution < -0.4 is 10.9 Å². The molecule has 0 atom stereocenters. The zero-order chi connectivity index (χ0) is 12.0. The summed E-state index contributed by atoms with van der Waals surface area (Å²) in [7, 11) is 0. The Morgan fingerprint density at radius 3 is 2.88 bits per heavy atom. The number of carboxylic acid groups (broad SMARTS) is 1. The third kappa shape index (κ3) is 1.31. The van der Waals surface area contributed by atoms with E-state index in [9.17, 15) is 9.59 Å². The fraction of sp³-hybridized carbons (Fsp3) is 0. The van der Waals surface area contributed by atoms with E-state index in [-0.39, 0.29) is 11.6 Å². The lowest BCUT2D eigenvalue weighted by molar-refractivity contribution is 0.0691. The molecule has 0 fully saturated rings. The molecule has 3 rings (SSSR count). The normalized spacial score (nSPS) is 13.1. The molecule has 1 aliphatic rings. The maximum absolute atomic E-state index is 11.6. The lowest BCUT2D eigenvalue weighted by atomic mass is 10.0. The molecule has 1 amide bonds. The Morgan fingerprint density at radius 2 is 2.12 bits per heavy atom. The Labute approximate surface area is 95.2 Å². The summed E-state index contributed by atoms with van der Waals surface area (Å²) < 4.78 is 0. The van der Waals surface area contributed by atoms with Gasteiger partial charge in [0.25, 0.3) is 5.91 Å². The maximum Gasteiger partial charge on any atom is 0.354 e. The van der Waals surface area contributed by atoms with Gasteiger partial charge < -0.3 is 5.11 Å². The summed E-state index contributed by atoms with van der Waals surface area (Å²) in [5.41, 5.74) is 6.58. The Kier molecular flexibility index (Phi) is 1.79. The van der Waals surface area contributed by atoms with Crippen LogP contribution in [0.3, 0.4) is 0 Å². The second-order valence-electron chi connectivity index (χ2n) is 3.64. The van der Waals surface area contributed by atoms with Crippen LogP contribution in [-0.2, 0) is 0 Å². The van der Waals surface area contributed by atoms with Gasteiger partial charge in [-0.05, 0) is 18.2 Å². The highest BCUT2D eigenvalue weighted by Crippen LogP contribution is 2.28. The molecule has 0 aliphatic carbocycles. The third-order valence-corrected chi connectivity index (χ3v) is 2.61. The average Bonchev–Trinajstić information content (AvgIpc) is 2.33. The number of rotatable bonds is 1. The lowest BCUT2D eigenvalue weighted by Gasteiger charge is -2.19. The van der Waals surface area contributed by atoms with E-state index in [1.165, 1.54) is 6.07 Å². The summed E-state index contributed by atoms with van der Waals surface area (Å²) in [5, 5.41) is 9.57. The van der Waals surface area contributed by atoms with Crippen molar-refractivity contribution in [1.29, 1.82) is 0 Å². The summed E-state index contributed by atoms with van der Waals surface area (Å²) in [6.45, 7) is 0. The standard InChI is InChI=1S/C11H7N3O3/c15-10-5-2-1-3-6-9(5)7(13-14-10)4-8(12-6)11(16)17/h1-4,13H,(H,14,15)(H,16,17). The summed E-state index contributed by atoms with van der Waals surface area (Å²) in [4.78, 5) is 26.5. The van der Waals surface area contributed by atoms with Gasteiger partial charge in [-0.15, -0.1) is 0 Å². The monoisotopic (exact) mass is 229 g/mol. The minimum atomic E-state index is -1.10. The van der Waals surface area contributed by atoms with Crippen LogP contribution in [-0.4, -0.2) is 22.0 Å². The summed E-state index contributed by atoms with van der Waals surface area (Å²) in [6, 6.07) is 6.41. The molecule has 2 heterocycles. The zero-order valence-corrected chi connectivity index (χ0v) is 8.52. The van der Waals surface area contributed by atoms with Crippen molar-refractivity contribution in [2.45, 2.75) is 0 Å². The van der Waals surface area contributed by atoms with Crippen LogP contribution in [0.5, 0.6) is 0 Å². The van der Waals surface area contributed by atoms with Gasteiger partial charge >= 0.3 is 5.97 Å². The molecule has 1 aromatic carbocycles. The van der Waals surface area contributed by atoms with Crippen LogP contribution in [0.4, 0.5) is 5.69 Å². The van der Waals surface area contributed by atoms with Crippen LogP contribution in [0.25, 0.3) is 10.9 Å². The van der Waals surface area contributed by atoms with Crippen molar-refractivity contribution in [3.63, 3.8) is 0 Å². The van der Waals surface area contributed by atoms with E-state index < -0.39 is 5.97 Å². The second-order valence-corrected chi connectivity index (χ2v) is 3.64. The first-order chi connectivity index (χ1) is 8.16. The van der Waals surface area contributed by atoms with Gasteiger partial charge in [0.1, 0.15) is 0 Å². The lowest BCUT2D eigenvalue weighted by Crippen LogP contribution is -2.33. The minimum Gasteiger partial charge on any atom is -0.477 e. The van der Waals surface area contributed by atoms with Gasteiger partial charge in [0.05, 0.1) is 16.8 Å². The number of benzene rings is 1. The first-order valence-corrected chi connectivity index (χ1v) is 4.90. The molecule has 2 aromatic rings. The van der Waals surface area contributed by atoms with Crippen molar-refractivity contribution in [2.24, 2.45) is 0 Å². The van der Waals surface area contributed by atoms with Crippen LogP contribution >= 0.6 is 0 Å². The first-order valence-electron chi connectivity index (χ1n) is 4.90. The second kappa shape index (κ2) is 3.18. The SMILES string of the molecule is O=C(O)c1cc2c3c(cccc3n1)C(=O)NN2. The van der Waals surface area contributed by atoms with Gasteiger partial charge in [-0.2, -0.15) is 0 Å². The summed E-state index contributed by atoms with van der Waals surface area (Å²) in [5.74, 6) is -1.36. The van der Waals surface area contributed by atoms with E-state index in [1.54, 1.807) is 18.2 Å². The molecule has 6 nitrogen and oxygen atoms in total. The van der Waals surface area contributed by atoms with E-state index in [0.29, 0.717) is 22.2 Å². The number of aromatic carboxylic acids is 1. The van der Waals surface area contributed by atoms with Crippen molar-refractivity contribution in [2.75, 3.05) is 5.43 Å². The highest BCUT2D eigenvalue weighted by atomic mass is 16.4. The number of anilines is 1. The molecule has 0 radical (unpaired) electrons. The van der Waals surface area contributed by atoms with Gasteiger partial charge in [0.15, 0.2) is 5.69 Å². The van der Waals surface area contributed by atoms with Gasteiger partial charge in [0, 0.05) is 5.39 Å². The van der Waals surface area contributed by atoms with E-state index in [1.807, 2.05) is 0 Å². The summed E-state index contributed by atoms with van der Waals surface area (Å²) >= 11 is 0. The fourth-order valence-electron chi connectivity index (χ4n) is 1.88. The van der Waals surface area contributed by atoms with Crippen LogP contribution in [0.1, 0.15) is 20.8 Å². The number of nitrogens with one attached hydrogen (secondary N) is 2. The molecule has 84 valence electrons. The Balaban J connectivity index is 2.42. The number of carbonyl (C=O) groups excluding carboxylic acids is 1. The Bertz CT molecular complexity index is 666. The molecule has 0 saturated carbocycles. The number of pyridine rings is 1. The third-order valence-electron chi connectivity index (χ3n) is 2.61. The smallest absolute Gasteiger partial charge is 0.354 e. The Morgan fingerprint density at radius 1 is 1.29 bits per heavy atom. The van der Waals surface area contributed by atoms with Crippen molar-refractivity contribution in [3.8, 4) is 0 Å². The number of hydrogen-bond acceptors (Lipinski definition) is 4. The molecule has 6 heteroatoms. The van der Waals surface area contributed by atoms with Crippen molar-refractivity contribution >= 4 is 28.5 Å². The molecular weight excluding hydrogens is 222 g/mol. The zero-order valence-electron chi connectivity index (χ0n) is 8.52. The molecule has 0 bridgehead atoms. The number of hydrazine groups is 1. The van der Waals surface area contributed by atoms with Crippen molar-refractivity contribution in [1.82, 2.24) is 10.4 Å². The van der Waals surface area contributed by atoms with E-state index >= 15 is 0 Å². The average molecular weight is 229 g/mol. The number of amides is 1. The highest BCUT2D eigenvalue weighted by molar-refractivity contribution is 6.14. The van der Waals surface area contributed by atoms with E-state index in [0.717, 1.165) is 0 Å². The number of carboxylic acids is 1. The van der Waals surface area contributed by atoms with E-state index in [2.05, 4.69) is 15.8 Å². The quantitative estimate of drug-likeness (QED) is 0.678. The first kappa shape index (κ1) is 9.59. The summed E-state index contributed by atoms with van der Waals surface area (Å²) in [6.07, 6.45) is 0. The molecule has 1 aromatic heterocycles. The van der Waals surface area contributed by atoms with Gasteiger partial charge in [-0.1, -0.05) is 6.07 Å². The number of carbonyl (C=O) groups is 2. The number of aromatic nitrogens is 1. The van der Waals surface area contributed by atoms with Crippen molar-refractivity contribution < 1.29 is 14.7 Å². The molecule has 0 saturated heterocycles. The highest BCUT2D eigenvalue weighted by Gasteiger charge is 2.20. The van der Waals surface area contributed by atoms with Gasteiger partial charge in [-0.25, -0.2) is 9.78 Å². The molecule has 0 spiro atoms. The van der Waals surface area contributed by atoms with Gasteiger partial charge in [0.2, 0.25) is 0 Å². The number of hydrogen-bond donors (Lipinski definition) is 3. The molecular formula is C11H7N3O3. The Hall–Kier alpha value is -2.63. The molecule has 17 heavy (non-hydrogen) atoms. The topological polar surface area (TPSA) is 91.3 Å². The minimum absolute atomic E-state index is 0.0618. The van der Waals surface area contributed by atoms with Crippen molar-refractivity contribution in [3.05, 3.63) is 35.5 Å². The number of nitrogens with zero attached hydrogens (tertiary/aromatic N) is 1. The van der Waals surface area contributed by atoms with Crippen LogP contribution in [0.2, 0.25) is 0 Å². The maximum atomic E-state index is 11.6. The molecule has 0 unspecified atom stereocenters. The predicted octanol–water partition coefficient (Wildman–Crippen LogP) is 1.00. The van der Waals surface area contributed by atoms with Crippen LogP contribution in [0.15, 0.2) is 24.3 Å². The molecule has 1 aliphatic heterocycles. The van der Waals surface area contributed by atoms with E-state index in [4.69, 9.17) is 5.11 Å². The van der Waals surface area contributed by atoms with Gasteiger partial charge in [-0.3, -0.25) is 15.6 Å². The predicted molar refractivity (Wildman–Crippen MR) is 59.8 cm³/mol. The largest absolute Gasteiger partial charge is 0.477 e. The van der Waals surface area contributed by atoms with Crippen LogP contribution in [0, 0.1) is 0 Å². The molecule has 3 N–H and O–H groups in total. The fourth-order valence-corrected chi connectivity index (χ4v) is 1.88.